The molecule has 0 aromatic carbocycles. The second-order valence-electron chi connectivity index (χ2n) is 26.8. The van der Waals surface area contributed by atoms with Crippen LogP contribution in [0.2, 0.25) is 0 Å². The Hall–Kier alpha value is -2.66. The van der Waals surface area contributed by atoms with Gasteiger partial charge in [-0.2, -0.15) is 118 Å². The Labute approximate surface area is 744 Å². The van der Waals surface area contributed by atoms with Gasteiger partial charge >= 0.3 is 146 Å². The van der Waals surface area contributed by atoms with Crippen LogP contribution in [0.4, 0.5) is 0 Å². The summed E-state index contributed by atoms with van der Waals surface area (Å²) < 4.78 is 629. The van der Waals surface area contributed by atoms with Gasteiger partial charge in [-0.05, 0) is 0 Å². The van der Waals surface area contributed by atoms with Gasteiger partial charge in [0.25, 0.3) is 0 Å². The number of aliphatic hydroxyl groups is 7. The summed E-state index contributed by atoms with van der Waals surface area (Å²) in [5.41, 5.74) is 0. The maximum absolute atomic E-state index is 12.8. The van der Waals surface area contributed by atoms with Crippen LogP contribution < -0.4 is 0 Å². The van der Waals surface area contributed by atoms with Crippen LogP contribution in [0.25, 0.3) is 0 Å². The van der Waals surface area contributed by atoms with Crippen molar-refractivity contribution in [2.45, 2.75) is 215 Å². The number of aliphatic hydroxyl groups excluding tert-OH is 7. The minimum atomic E-state index is -6.55. The van der Waals surface area contributed by atoms with Gasteiger partial charge in [0.2, 0.25) is 0 Å². The summed E-state index contributed by atoms with van der Waals surface area (Å²) in [4.78, 5) is 0. The van der Waals surface area contributed by atoms with E-state index >= 15 is 0 Å². The largest absolute Gasteiger partial charge is 0.397 e. The zero-order valence-electron chi connectivity index (χ0n) is 63.1. The van der Waals surface area contributed by atoms with E-state index in [0.29, 0.717) is 0 Å². The molecule has 21 rings (SSSR count). The fraction of sp³-hybridized carbons (Fsp3) is 1.00. The van der Waals surface area contributed by atoms with Crippen LogP contribution in [0.5, 0.6) is 0 Å². The third kappa shape index (κ3) is 35.7. The molecule has 21 saturated heterocycles. The Morgan fingerprint density at radius 2 is 0.241 bits per heavy atom. The highest BCUT2D eigenvalue weighted by atomic mass is 32.3. The fourth-order valence-electron chi connectivity index (χ4n) is 13.0. The summed E-state index contributed by atoms with van der Waals surface area (Å²) in [6, 6.07) is 0. The van der Waals surface area contributed by atoms with Gasteiger partial charge in [-0.1, -0.05) is 0 Å². The first-order valence-electron chi connectivity index (χ1n) is 33.8. The maximum Gasteiger partial charge on any atom is 0.397 e. The summed E-state index contributed by atoms with van der Waals surface area (Å²) in [5.74, 6) is 0. The molecule has 21 fully saturated rings. The Morgan fingerprint density at radius 3 is 0.316 bits per heavy atom. The van der Waals surface area contributed by atoms with Crippen LogP contribution in [0.3, 0.4) is 0 Å². The molecule has 784 valence electrons. The Kier molecular flexibility index (Phi) is 37.8. The van der Waals surface area contributed by atoms with Crippen LogP contribution >= 0.6 is 0 Å². The zero-order valence-corrected chi connectivity index (χ0v) is 74.6. The molecule has 0 aromatic rings. The number of ether oxygens (including phenoxy) is 14. The predicted octanol–water partition coefficient (Wildman–Crippen LogP) is -17.7. The average Bonchev–Trinajstić information content (AvgIpc) is 0.832. The first-order valence-corrected chi connectivity index (χ1v) is 52.9. The van der Waals surface area contributed by atoms with Crippen LogP contribution in [0.15, 0.2) is 0 Å². The third-order valence-corrected chi connectivity index (χ3v) is 23.9. The number of hydrogen-bond donors (Lipinski definition) is 21. The van der Waals surface area contributed by atoms with E-state index in [0.717, 1.165) is 0 Å². The van der Waals surface area contributed by atoms with Crippen molar-refractivity contribution in [2.75, 3.05) is 46.2 Å². The van der Waals surface area contributed by atoms with Crippen molar-refractivity contribution in [3.8, 4) is 0 Å². The molecule has 21 aliphatic rings. The topological polar surface area (TPSA) is 1160 Å². The minimum absolute atomic E-state index is 2.20. The van der Waals surface area contributed by atoms with Crippen molar-refractivity contribution < 1.29 is 342 Å². The van der Waals surface area contributed by atoms with Crippen LogP contribution in [-0.4, -0.2) is 479 Å². The van der Waals surface area contributed by atoms with Gasteiger partial charge < -0.3 is 102 Å². The van der Waals surface area contributed by atoms with Crippen LogP contribution in [0, 0.1) is 0 Å². The van der Waals surface area contributed by atoms with Gasteiger partial charge in [-0.3, -0.25) is 63.7 Å². The van der Waals surface area contributed by atoms with Crippen molar-refractivity contribution in [3.63, 3.8) is 0 Å². The molecule has 14 bridgehead atoms. The highest BCUT2D eigenvalue weighted by Crippen LogP contribution is 2.44. The molecule has 21 aliphatic heterocycles. The summed E-state index contributed by atoms with van der Waals surface area (Å²) in [6.07, 6.45) is -121. The molecule has 35 atom stereocenters. The maximum atomic E-state index is 12.8. The van der Waals surface area contributed by atoms with E-state index in [-0.39, 0.29) is 0 Å². The number of hydrogen-bond acceptors (Lipinski definition) is 63. The molecule has 0 aliphatic carbocycles. The quantitative estimate of drug-likeness (QED) is 0.0262. The standard InChI is InChI=1S/C42H70O77S14/c43-15-22-8(1-92-120(50,51)52)99-36(29(15)113-127(71,72)73)107-23-9(2-93-121(53,54)55)101-38(31(16(23)44)115-129(77,78)79)109-25-11(4-95-123(59,60)61)103-40(33(18(25)46)117-131(83,84)85)111-27-13(6-97-125(65,66)67)105-42(35(20(27)48)119-133(89,90)91)112-28-14(7-98-126(68,69)70)104-41(34(21(28)49)118-132(86,87)88)110-26-12(5-96-124(62,63)64)102-39(32(19(26)47)116-130(80,81)82)108-24-10(3-94-122(56,57)58)100-37(106-22)30(17(24)45)114-128(74,75)76/h8-49H,1-7H2,(H,50,51,52)(H,53,54,55)(H,56,57,58)(H,59,60,61)(H,62,63,64)(H,65,66,67)(H,68,69,70)(H,71,72,73)(H,74,75,76)(H,77,78,79)(H,80,81,82)(H,83,84,85)(H,86,87,88)(H,89,90,91)/t8?,9?,10?,11?,12?,13?,14?,15?,16?,17?,18?,19?,20?,21?,22-,23-,24-,25-,26-,27-,28-,29?,30?,31?,32?,33?,34?,35?,36-,37-,38-,39-,40-,41-,42+/m1/s1. The Bertz CT molecular complexity index is 4730. The summed E-state index contributed by atoms with van der Waals surface area (Å²) in [6.45, 7) is -15.4. The molecule has 133 heavy (non-hydrogen) atoms. The summed E-state index contributed by atoms with van der Waals surface area (Å²) in [5, 5.41) is 85.8. The fourth-order valence-corrected chi connectivity index (χ4v) is 18.5. The van der Waals surface area contributed by atoms with E-state index in [9.17, 15) is 217 Å². The van der Waals surface area contributed by atoms with Gasteiger partial charge in [-0.25, -0.2) is 58.6 Å². The highest BCUT2D eigenvalue weighted by Gasteiger charge is 2.64. The lowest BCUT2D eigenvalue weighted by Gasteiger charge is -2.50. The second-order valence-corrected chi connectivity index (χ2v) is 41.8. The van der Waals surface area contributed by atoms with Crippen molar-refractivity contribution in [3.05, 3.63) is 0 Å². The first kappa shape index (κ1) is 116. The van der Waals surface area contributed by atoms with E-state index in [4.69, 9.17) is 66.3 Å². The van der Waals surface area contributed by atoms with Gasteiger partial charge in [0.05, 0.1) is 46.2 Å². The Morgan fingerprint density at radius 1 is 0.150 bits per heavy atom. The van der Waals surface area contributed by atoms with Crippen molar-refractivity contribution >= 4 is 146 Å². The average molecular weight is 2260 g/mol. The van der Waals surface area contributed by atoms with Crippen molar-refractivity contribution in [1.82, 2.24) is 0 Å². The monoisotopic (exact) mass is 2250 g/mol. The van der Waals surface area contributed by atoms with Gasteiger partial charge in [-0.15, -0.1) is 0 Å². The molecule has 21 N–H and O–H groups in total. The minimum Gasteiger partial charge on any atom is -0.387 e. The third-order valence-electron chi connectivity index (χ3n) is 17.7. The van der Waals surface area contributed by atoms with Gasteiger partial charge in [0.1, 0.15) is 128 Å². The van der Waals surface area contributed by atoms with Crippen LogP contribution in [0.1, 0.15) is 0 Å². The molecule has 0 saturated carbocycles. The lowest BCUT2D eigenvalue weighted by molar-refractivity contribution is -0.391. The zero-order chi connectivity index (χ0) is 101. The highest BCUT2D eigenvalue weighted by molar-refractivity contribution is 7.83. The summed E-state index contributed by atoms with van der Waals surface area (Å²) in [7, 11) is -88.9. The molecular weight excluding hydrogens is 2190 g/mol. The lowest BCUT2D eigenvalue weighted by atomic mass is 9.95. The van der Waals surface area contributed by atoms with E-state index in [1.165, 1.54) is 0 Å². The molecule has 21 unspecified atom stereocenters. The lowest BCUT2D eigenvalue weighted by Crippen LogP contribution is -2.69. The number of rotatable bonds is 35. The molecular formula is C42H70O77S14. The molecule has 77 nitrogen and oxygen atoms in total. The molecule has 0 radical (unpaired) electrons. The van der Waals surface area contributed by atoms with Crippen molar-refractivity contribution in [2.24, 2.45) is 0 Å². The predicted molar refractivity (Wildman–Crippen MR) is 374 cm³/mol. The molecule has 91 heteroatoms. The smallest absolute Gasteiger partial charge is 0.387 e. The van der Waals surface area contributed by atoms with E-state index in [2.05, 4.69) is 58.6 Å². The SMILES string of the molecule is O=S(=O)(O)OCC1O[C@@H]2O[C@@H]3C(COS(=O)(=O)O)O[C@H](O[C@@H]4C(COS(=O)(=O)O)O[C@@H](O[C@@H]5C(COS(=O)(=O)O)O[C@H](O[C@@H]6C(COS(=O)(=O)O)O[C@H](O[C@@H]7C(COS(=O)(=O)O)O[C@H](O[C@@H]8C(COS(=O)(=O)O)O[C@H](O[C@H]1C(O)C2OS(=O)(=O)O)C(OS(=O)(=O)O)C8O)C(OS(=O)(=O)O)C7O)C(OS(=O)(=O)O)C6O)C(OS(=O)(=O)O)C5O)C(OS(=O)(=O)O)C4O)C(OS(=O)(=O)O)C3O. The molecule has 0 spiro atoms. The van der Waals surface area contributed by atoms with Crippen LogP contribution in [-0.2, 0) is 270 Å². The second kappa shape index (κ2) is 43.5. The summed E-state index contributed by atoms with van der Waals surface area (Å²) >= 11 is 0. The van der Waals surface area contributed by atoms with E-state index < -0.39 is 407 Å². The Balaban J connectivity index is 1.45. The molecule has 21 heterocycles. The normalized spacial score (nSPS) is 38.8. The molecule has 0 aromatic heterocycles. The molecule has 0 amide bonds. The van der Waals surface area contributed by atoms with E-state index in [1.807, 2.05) is 0 Å². The van der Waals surface area contributed by atoms with Gasteiger partial charge in [0.15, 0.2) is 86.8 Å². The first-order chi connectivity index (χ1) is 60.0. The van der Waals surface area contributed by atoms with Gasteiger partial charge in [0, 0.05) is 0 Å². The van der Waals surface area contributed by atoms with Crippen molar-refractivity contribution in [1.29, 1.82) is 0 Å². The van der Waals surface area contributed by atoms with E-state index in [1.54, 1.807) is 0 Å².